The molecule has 0 aliphatic heterocycles. The van der Waals surface area contributed by atoms with Gasteiger partial charge in [-0.3, -0.25) is 0 Å². The summed E-state index contributed by atoms with van der Waals surface area (Å²) in [6, 6.07) is 0. The van der Waals surface area contributed by atoms with E-state index in [1.54, 1.807) is 0 Å². The van der Waals surface area contributed by atoms with Crippen LogP contribution in [0.4, 0.5) is 0 Å². The Morgan fingerprint density at radius 1 is 1.32 bits per heavy atom. The second-order valence-electron chi connectivity index (χ2n) is 9.16. The van der Waals surface area contributed by atoms with E-state index < -0.39 is 8.32 Å². The van der Waals surface area contributed by atoms with Gasteiger partial charge < -0.3 is 9.22 Å². The Kier molecular flexibility index (Phi) is 4.81. The minimum absolute atomic E-state index is 0.0976. The first-order valence-corrected chi connectivity index (χ1v) is 11.8. The third kappa shape index (κ3) is 2.99. The number of aldehydes is 1. The Labute approximate surface area is 137 Å². The van der Waals surface area contributed by atoms with Crippen molar-refractivity contribution in [1.82, 2.24) is 0 Å². The van der Waals surface area contributed by atoms with Crippen LogP contribution in [0.25, 0.3) is 0 Å². The normalized spacial score (nSPS) is 36.5. The van der Waals surface area contributed by atoms with E-state index in [0.717, 1.165) is 12.8 Å². The second kappa shape index (κ2) is 5.90. The van der Waals surface area contributed by atoms with Gasteiger partial charge in [-0.15, -0.1) is 0 Å². The van der Waals surface area contributed by atoms with Crippen molar-refractivity contribution in [3.8, 4) is 0 Å². The number of hydrogen-bond acceptors (Lipinski definition) is 2. The molecule has 0 heterocycles. The summed E-state index contributed by atoms with van der Waals surface area (Å²) in [5.41, 5.74) is 1.22. The van der Waals surface area contributed by atoms with Crippen molar-refractivity contribution in [2.75, 3.05) is 0 Å². The quantitative estimate of drug-likeness (QED) is 0.398. The molecular formula is C19H34O2Si. The average molecular weight is 323 g/mol. The Morgan fingerprint density at radius 2 is 1.95 bits per heavy atom. The zero-order valence-corrected chi connectivity index (χ0v) is 16.5. The maximum atomic E-state index is 12.0. The van der Waals surface area contributed by atoms with E-state index in [2.05, 4.69) is 53.8 Å². The van der Waals surface area contributed by atoms with E-state index in [-0.39, 0.29) is 22.5 Å². The molecule has 1 saturated carbocycles. The van der Waals surface area contributed by atoms with Crippen molar-refractivity contribution >= 4 is 14.6 Å². The average Bonchev–Trinajstić information content (AvgIpc) is 2.43. The molecule has 2 nitrogen and oxygen atoms in total. The van der Waals surface area contributed by atoms with Crippen molar-refractivity contribution in [2.45, 2.75) is 84.5 Å². The predicted octanol–water partition coefficient (Wildman–Crippen LogP) is 5.35. The highest BCUT2D eigenvalue weighted by Crippen LogP contribution is 2.51. The minimum Gasteiger partial charge on any atom is -0.410 e. The van der Waals surface area contributed by atoms with E-state index in [0.29, 0.717) is 5.92 Å². The molecule has 3 heteroatoms. The molecule has 0 saturated heterocycles. The summed E-state index contributed by atoms with van der Waals surface area (Å²) >= 11 is 0. The Morgan fingerprint density at radius 3 is 2.50 bits per heavy atom. The lowest BCUT2D eigenvalue weighted by atomic mass is 9.58. The molecule has 0 radical (unpaired) electrons. The van der Waals surface area contributed by atoms with Crippen LogP contribution in [0.5, 0.6) is 0 Å². The highest BCUT2D eigenvalue weighted by Gasteiger charge is 2.50. The molecule has 0 unspecified atom stereocenters. The van der Waals surface area contributed by atoms with Crippen LogP contribution in [0.2, 0.25) is 18.1 Å². The van der Waals surface area contributed by atoms with Gasteiger partial charge in [0.05, 0.1) is 6.10 Å². The fraction of sp³-hybridized carbons (Fsp3) is 0.842. The largest absolute Gasteiger partial charge is 0.410 e. The smallest absolute Gasteiger partial charge is 0.192 e. The Hall–Kier alpha value is -0.413. The van der Waals surface area contributed by atoms with Gasteiger partial charge in [0.2, 0.25) is 0 Å². The van der Waals surface area contributed by atoms with E-state index in [9.17, 15) is 4.79 Å². The predicted molar refractivity (Wildman–Crippen MR) is 95.4 cm³/mol. The van der Waals surface area contributed by atoms with Crippen LogP contribution in [0.15, 0.2) is 11.6 Å². The lowest BCUT2D eigenvalue weighted by molar-refractivity contribution is -0.124. The van der Waals surface area contributed by atoms with Crippen LogP contribution in [0, 0.1) is 17.3 Å². The first-order valence-electron chi connectivity index (χ1n) is 8.87. The number of allylic oxidation sites excluding steroid dienone is 1. The van der Waals surface area contributed by atoms with Crippen LogP contribution in [-0.4, -0.2) is 20.7 Å². The van der Waals surface area contributed by atoms with Crippen molar-refractivity contribution < 1.29 is 9.22 Å². The lowest BCUT2D eigenvalue weighted by Gasteiger charge is -2.50. The molecule has 0 aromatic carbocycles. The Bertz CT molecular complexity index is 461. The number of hydrogen-bond donors (Lipinski definition) is 0. The van der Waals surface area contributed by atoms with Gasteiger partial charge in [-0.2, -0.15) is 0 Å². The second-order valence-corrected chi connectivity index (χ2v) is 13.9. The maximum Gasteiger partial charge on any atom is 0.192 e. The minimum atomic E-state index is -1.83. The van der Waals surface area contributed by atoms with Crippen LogP contribution < -0.4 is 0 Å². The highest BCUT2D eigenvalue weighted by molar-refractivity contribution is 6.74. The Balaban J connectivity index is 2.34. The fourth-order valence-electron chi connectivity index (χ4n) is 3.82. The molecule has 2 aliphatic rings. The summed E-state index contributed by atoms with van der Waals surface area (Å²) in [4.78, 5) is 12.0. The molecule has 4 atom stereocenters. The van der Waals surface area contributed by atoms with Crippen molar-refractivity contribution in [1.29, 1.82) is 0 Å². The van der Waals surface area contributed by atoms with Gasteiger partial charge in [0, 0.05) is 5.41 Å². The van der Waals surface area contributed by atoms with Gasteiger partial charge in [0.1, 0.15) is 6.29 Å². The SMILES string of the molecule is C[C@@H]1[C@H](O[Si](C)(C)C(C)(C)C)C=C2CCCC[C@H]2[C@@]1(C)C=O. The lowest BCUT2D eigenvalue weighted by Crippen LogP contribution is -2.52. The van der Waals surface area contributed by atoms with E-state index >= 15 is 0 Å². The first kappa shape index (κ1) is 17.9. The summed E-state index contributed by atoms with van der Waals surface area (Å²) in [6.45, 7) is 15.8. The van der Waals surface area contributed by atoms with E-state index in [1.165, 1.54) is 24.7 Å². The van der Waals surface area contributed by atoms with Crippen LogP contribution in [0.1, 0.15) is 60.3 Å². The van der Waals surface area contributed by atoms with Crippen molar-refractivity contribution in [2.24, 2.45) is 17.3 Å². The van der Waals surface area contributed by atoms with E-state index in [1.807, 2.05) is 0 Å². The maximum absolute atomic E-state index is 12.0. The molecule has 0 amide bonds. The van der Waals surface area contributed by atoms with Gasteiger partial charge in [-0.1, -0.05) is 52.7 Å². The number of fused-ring (bicyclic) bond motifs is 1. The van der Waals surface area contributed by atoms with Gasteiger partial charge in [0.15, 0.2) is 8.32 Å². The standard InChI is InChI=1S/C19H34O2Si/c1-14-17(21-22(6,7)18(2,3)4)12-15-10-8-9-11-16(15)19(14,5)13-20/h12-14,16-17H,8-11H2,1-7H3/t14-,16-,17-,19+/m1/s1. The topological polar surface area (TPSA) is 26.3 Å². The summed E-state index contributed by atoms with van der Waals surface area (Å²) in [7, 11) is -1.83. The summed E-state index contributed by atoms with van der Waals surface area (Å²) < 4.78 is 6.71. The molecule has 126 valence electrons. The summed E-state index contributed by atoms with van der Waals surface area (Å²) in [6.07, 6.45) is 8.55. The first-order chi connectivity index (χ1) is 10.0. The van der Waals surface area contributed by atoms with Crippen LogP contribution in [-0.2, 0) is 9.22 Å². The molecule has 0 N–H and O–H groups in total. The number of carbonyl (C=O) groups excluding carboxylic acids is 1. The highest BCUT2D eigenvalue weighted by atomic mass is 28.4. The van der Waals surface area contributed by atoms with Gasteiger partial charge in [-0.05, 0) is 49.2 Å². The van der Waals surface area contributed by atoms with Crippen LogP contribution >= 0.6 is 0 Å². The summed E-state index contributed by atoms with van der Waals surface area (Å²) in [5.74, 6) is 0.694. The molecule has 0 aromatic heterocycles. The number of carbonyl (C=O) groups is 1. The molecule has 1 fully saturated rings. The molecule has 0 spiro atoms. The molecule has 0 aromatic rings. The zero-order chi connectivity index (χ0) is 16.8. The molecule has 22 heavy (non-hydrogen) atoms. The fourth-order valence-corrected chi connectivity index (χ4v) is 5.12. The van der Waals surface area contributed by atoms with Crippen molar-refractivity contribution in [3.63, 3.8) is 0 Å². The van der Waals surface area contributed by atoms with Gasteiger partial charge in [-0.25, -0.2) is 0 Å². The molecule has 2 rings (SSSR count). The third-order valence-electron chi connectivity index (χ3n) is 6.75. The van der Waals surface area contributed by atoms with Gasteiger partial charge >= 0.3 is 0 Å². The van der Waals surface area contributed by atoms with E-state index in [4.69, 9.17) is 4.43 Å². The van der Waals surface area contributed by atoms with Crippen molar-refractivity contribution in [3.05, 3.63) is 11.6 Å². The third-order valence-corrected chi connectivity index (χ3v) is 11.2. The molecule has 0 bridgehead atoms. The molecular weight excluding hydrogens is 288 g/mol. The van der Waals surface area contributed by atoms with Gasteiger partial charge in [0.25, 0.3) is 0 Å². The zero-order valence-electron chi connectivity index (χ0n) is 15.5. The monoisotopic (exact) mass is 322 g/mol. The number of rotatable bonds is 3. The summed E-state index contributed by atoms with van der Waals surface area (Å²) in [5, 5.41) is 0.201. The molecule has 2 aliphatic carbocycles. The van der Waals surface area contributed by atoms with Crippen LogP contribution in [0.3, 0.4) is 0 Å².